The number of aliphatic hydroxyl groups is 2. The van der Waals surface area contributed by atoms with Crippen LogP contribution in [0.2, 0.25) is 0 Å². The van der Waals surface area contributed by atoms with E-state index in [4.69, 9.17) is 14.9 Å². The zero-order valence-corrected chi connectivity index (χ0v) is 8.61. The maximum atomic E-state index is 13.2. The normalized spacial score (nSPS) is 11.7. The number of halogens is 1. The van der Waals surface area contributed by atoms with Crippen molar-refractivity contribution >= 4 is 0 Å². The summed E-state index contributed by atoms with van der Waals surface area (Å²) in [5.74, 6) is -0.351. The van der Waals surface area contributed by atoms with Crippen LogP contribution in [0.4, 0.5) is 4.39 Å². The number of benzene rings is 1. The molecule has 15 heavy (non-hydrogen) atoms. The largest absolute Gasteiger partial charge is 0.393 e. The summed E-state index contributed by atoms with van der Waals surface area (Å²) in [6, 6.07) is 6.24. The van der Waals surface area contributed by atoms with Crippen LogP contribution in [0.5, 0.6) is 0 Å². The third-order valence-corrected chi connectivity index (χ3v) is 2.20. The molecule has 0 radical (unpaired) electrons. The number of aliphatic hydroxyl groups excluding tert-OH is 2. The first kappa shape index (κ1) is 12.1. The average molecular weight is 214 g/mol. The smallest absolute Gasteiger partial charge is 0.128 e. The van der Waals surface area contributed by atoms with Gasteiger partial charge in [0.05, 0.1) is 19.8 Å². The first-order valence-corrected chi connectivity index (χ1v) is 4.70. The maximum Gasteiger partial charge on any atom is 0.128 e. The van der Waals surface area contributed by atoms with Gasteiger partial charge in [0, 0.05) is 5.56 Å². The first-order chi connectivity index (χ1) is 7.11. The Morgan fingerprint density at radius 2 is 1.87 bits per heavy atom. The van der Waals surface area contributed by atoms with Gasteiger partial charge >= 0.3 is 0 Å². The van der Waals surface area contributed by atoms with E-state index < -0.39 is 5.60 Å². The fourth-order valence-electron chi connectivity index (χ4n) is 1.01. The van der Waals surface area contributed by atoms with Crippen LogP contribution >= 0.6 is 0 Å². The lowest BCUT2D eigenvalue weighted by Crippen LogP contribution is -2.37. The van der Waals surface area contributed by atoms with Gasteiger partial charge in [-0.15, -0.1) is 0 Å². The molecule has 0 aliphatic carbocycles. The minimum Gasteiger partial charge on any atom is -0.393 e. The third kappa shape index (κ3) is 3.27. The van der Waals surface area contributed by atoms with E-state index in [0.717, 1.165) is 0 Å². The Balaban J connectivity index is 2.61. The van der Waals surface area contributed by atoms with Gasteiger partial charge in [-0.05, 0) is 13.0 Å². The van der Waals surface area contributed by atoms with Gasteiger partial charge in [-0.3, -0.25) is 0 Å². The fraction of sp³-hybridized carbons (Fsp3) is 0.455. The molecule has 0 saturated heterocycles. The summed E-state index contributed by atoms with van der Waals surface area (Å²) >= 11 is 0. The molecular weight excluding hydrogens is 199 g/mol. The molecule has 0 heterocycles. The molecule has 0 aliphatic rings. The molecule has 0 spiro atoms. The highest BCUT2D eigenvalue weighted by molar-refractivity contribution is 5.16. The van der Waals surface area contributed by atoms with Crippen LogP contribution in [0.15, 0.2) is 24.3 Å². The van der Waals surface area contributed by atoms with Crippen LogP contribution in [0.3, 0.4) is 0 Å². The summed E-state index contributed by atoms with van der Waals surface area (Å²) in [4.78, 5) is 0. The Hall–Kier alpha value is -0.970. The Morgan fingerprint density at radius 3 is 2.40 bits per heavy atom. The molecule has 4 heteroatoms. The zero-order chi connectivity index (χ0) is 11.3. The molecule has 0 amide bonds. The second-order valence-electron chi connectivity index (χ2n) is 3.65. The van der Waals surface area contributed by atoms with E-state index in [0.29, 0.717) is 5.56 Å². The summed E-state index contributed by atoms with van der Waals surface area (Å²) in [7, 11) is 0. The van der Waals surface area contributed by atoms with Crippen LogP contribution in [0.1, 0.15) is 12.5 Å². The van der Waals surface area contributed by atoms with Crippen LogP contribution in [-0.2, 0) is 11.3 Å². The second-order valence-corrected chi connectivity index (χ2v) is 3.65. The predicted octanol–water partition coefficient (Wildman–Crippen LogP) is 1.09. The number of rotatable bonds is 5. The quantitative estimate of drug-likeness (QED) is 0.771. The van der Waals surface area contributed by atoms with Gasteiger partial charge in [-0.25, -0.2) is 4.39 Å². The van der Waals surface area contributed by atoms with E-state index in [-0.39, 0.29) is 25.6 Å². The van der Waals surface area contributed by atoms with Crippen molar-refractivity contribution in [1.29, 1.82) is 0 Å². The van der Waals surface area contributed by atoms with E-state index in [1.807, 2.05) is 0 Å². The molecule has 3 nitrogen and oxygen atoms in total. The molecule has 0 atom stereocenters. The maximum absolute atomic E-state index is 13.2. The fourth-order valence-corrected chi connectivity index (χ4v) is 1.01. The Morgan fingerprint density at radius 1 is 1.27 bits per heavy atom. The molecule has 0 saturated carbocycles. The topological polar surface area (TPSA) is 49.7 Å². The summed E-state index contributed by atoms with van der Waals surface area (Å²) in [5.41, 5.74) is -0.618. The van der Waals surface area contributed by atoms with Crippen molar-refractivity contribution in [2.24, 2.45) is 0 Å². The van der Waals surface area contributed by atoms with Gasteiger partial charge in [-0.2, -0.15) is 0 Å². The van der Waals surface area contributed by atoms with Gasteiger partial charge in [0.25, 0.3) is 0 Å². The summed E-state index contributed by atoms with van der Waals surface area (Å²) in [5, 5.41) is 17.9. The van der Waals surface area contributed by atoms with Crippen molar-refractivity contribution in [3.05, 3.63) is 35.6 Å². The number of hydrogen-bond donors (Lipinski definition) is 2. The molecular formula is C11H15FO3. The summed E-state index contributed by atoms with van der Waals surface area (Å²) in [6.07, 6.45) is 0. The summed E-state index contributed by atoms with van der Waals surface area (Å²) in [6.45, 7) is 0.980. The molecule has 0 unspecified atom stereocenters. The van der Waals surface area contributed by atoms with Crippen molar-refractivity contribution in [2.75, 3.05) is 13.2 Å². The Kier molecular flexibility index (Phi) is 4.20. The van der Waals surface area contributed by atoms with Crippen molar-refractivity contribution in [3.8, 4) is 0 Å². The summed E-state index contributed by atoms with van der Waals surface area (Å²) < 4.78 is 18.4. The second kappa shape index (κ2) is 5.21. The van der Waals surface area contributed by atoms with Crippen LogP contribution in [0, 0.1) is 5.82 Å². The van der Waals surface area contributed by atoms with Gasteiger partial charge in [-0.1, -0.05) is 18.2 Å². The van der Waals surface area contributed by atoms with E-state index in [2.05, 4.69) is 0 Å². The highest BCUT2D eigenvalue weighted by Gasteiger charge is 2.23. The molecule has 1 rings (SSSR count). The monoisotopic (exact) mass is 214 g/mol. The lowest BCUT2D eigenvalue weighted by atomic mass is 10.1. The van der Waals surface area contributed by atoms with E-state index in [9.17, 15) is 4.39 Å². The van der Waals surface area contributed by atoms with Crippen molar-refractivity contribution in [2.45, 2.75) is 19.1 Å². The van der Waals surface area contributed by atoms with E-state index in [1.165, 1.54) is 6.07 Å². The lowest BCUT2D eigenvalue weighted by molar-refractivity contribution is -0.105. The van der Waals surface area contributed by atoms with Gasteiger partial charge < -0.3 is 14.9 Å². The molecule has 84 valence electrons. The minimum absolute atomic E-state index is 0.0320. The third-order valence-electron chi connectivity index (χ3n) is 2.20. The molecule has 0 aromatic heterocycles. The van der Waals surface area contributed by atoms with Gasteiger partial charge in [0.1, 0.15) is 11.4 Å². The standard InChI is InChI=1S/C11H15FO3/c1-11(7-13,8-14)15-6-9-4-2-3-5-10(9)12/h2-5,13-14H,6-8H2,1H3. The SMILES string of the molecule is CC(CO)(CO)OCc1ccccc1F. The Bertz CT molecular complexity index is 310. The van der Waals surface area contributed by atoms with E-state index >= 15 is 0 Å². The molecule has 0 aliphatic heterocycles. The molecule has 0 bridgehead atoms. The minimum atomic E-state index is -1.03. The zero-order valence-electron chi connectivity index (χ0n) is 8.61. The molecule has 1 aromatic rings. The molecule has 2 N–H and O–H groups in total. The number of hydrogen-bond acceptors (Lipinski definition) is 3. The Labute approximate surface area is 88.1 Å². The van der Waals surface area contributed by atoms with Crippen LogP contribution in [-0.4, -0.2) is 29.0 Å². The predicted molar refractivity (Wildman–Crippen MR) is 53.8 cm³/mol. The van der Waals surface area contributed by atoms with Crippen molar-refractivity contribution in [3.63, 3.8) is 0 Å². The first-order valence-electron chi connectivity index (χ1n) is 4.70. The lowest BCUT2D eigenvalue weighted by Gasteiger charge is -2.25. The van der Waals surface area contributed by atoms with Crippen LogP contribution in [0.25, 0.3) is 0 Å². The van der Waals surface area contributed by atoms with Gasteiger partial charge in [0.2, 0.25) is 0 Å². The average Bonchev–Trinajstić information content (AvgIpc) is 2.28. The highest BCUT2D eigenvalue weighted by Crippen LogP contribution is 2.14. The molecule has 0 fully saturated rings. The van der Waals surface area contributed by atoms with Crippen LogP contribution < -0.4 is 0 Å². The van der Waals surface area contributed by atoms with Gasteiger partial charge in [0.15, 0.2) is 0 Å². The van der Waals surface area contributed by atoms with Crippen molar-refractivity contribution < 1.29 is 19.3 Å². The number of ether oxygens (including phenoxy) is 1. The highest BCUT2D eigenvalue weighted by atomic mass is 19.1. The van der Waals surface area contributed by atoms with E-state index in [1.54, 1.807) is 25.1 Å². The van der Waals surface area contributed by atoms with Crippen molar-refractivity contribution in [1.82, 2.24) is 0 Å². The molecule has 1 aromatic carbocycles.